The van der Waals surface area contributed by atoms with Gasteiger partial charge in [-0.15, -0.1) is 0 Å². The van der Waals surface area contributed by atoms with Gasteiger partial charge >= 0.3 is 0 Å². The van der Waals surface area contributed by atoms with Crippen LogP contribution < -0.4 is 0 Å². The van der Waals surface area contributed by atoms with Crippen LogP contribution in [0.3, 0.4) is 0 Å². The van der Waals surface area contributed by atoms with Crippen molar-refractivity contribution in [3.8, 4) is 11.4 Å². The lowest BCUT2D eigenvalue weighted by Gasteiger charge is -2.29. The second-order valence-corrected chi connectivity index (χ2v) is 6.33. The van der Waals surface area contributed by atoms with Crippen molar-refractivity contribution in [3.05, 3.63) is 35.7 Å². The number of piperidine rings is 1. The summed E-state index contributed by atoms with van der Waals surface area (Å²) in [5, 5.41) is 13.6. The average Bonchev–Trinajstić information content (AvgIpc) is 3.32. The van der Waals surface area contributed by atoms with E-state index in [1.54, 1.807) is 11.0 Å². The lowest BCUT2D eigenvalue weighted by molar-refractivity contribution is 0.0546. The van der Waals surface area contributed by atoms with Gasteiger partial charge in [0.15, 0.2) is 0 Å². The molecule has 23 heavy (non-hydrogen) atoms. The molecule has 6 heteroatoms. The van der Waals surface area contributed by atoms with Gasteiger partial charge in [-0.1, -0.05) is 17.3 Å². The van der Waals surface area contributed by atoms with Crippen molar-refractivity contribution in [3.63, 3.8) is 0 Å². The highest BCUT2D eigenvalue weighted by atomic mass is 16.5. The number of hydrogen-bond acceptors (Lipinski definition) is 5. The van der Waals surface area contributed by atoms with Crippen molar-refractivity contribution in [2.45, 2.75) is 37.7 Å². The molecule has 1 amide bonds. The lowest BCUT2D eigenvalue weighted by Crippen LogP contribution is -2.40. The van der Waals surface area contributed by atoms with E-state index < -0.39 is 0 Å². The van der Waals surface area contributed by atoms with Gasteiger partial charge in [0.2, 0.25) is 11.7 Å². The number of rotatable bonds is 3. The van der Waals surface area contributed by atoms with Crippen molar-refractivity contribution >= 4 is 5.91 Å². The van der Waals surface area contributed by atoms with Crippen molar-refractivity contribution in [1.29, 1.82) is 0 Å². The molecule has 1 aromatic heterocycles. The van der Waals surface area contributed by atoms with Crippen LogP contribution >= 0.6 is 0 Å². The minimum absolute atomic E-state index is 0.00957. The number of aliphatic hydroxyl groups is 1. The second-order valence-electron chi connectivity index (χ2n) is 6.33. The fourth-order valence-corrected chi connectivity index (χ4v) is 2.89. The molecule has 1 N–H and O–H groups in total. The fourth-order valence-electron chi connectivity index (χ4n) is 2.89. The molecule has 0 spiro atoms. The van der Waals surface area contributed by atoms with Gasteiger partial charge in [-0.25, -0.2) is 0 Å². The SMILES string of the molecule is O=C(c1cccc(-c2noc(C3CC3)n2)c1)N1CCC(O)CC1. The maximum atomic E-state index is 12.6. The second kappa shape index (κ2) is 5.77. The summed E-state index contributed by atoms with van der Waals surface area (Å²) < 4.78 is 5.29. The molecular weight excluding hydrogens is 294 g/mol. The lowest BCUT2D eigenvalue weighted by atomic mass is 10.1. The zero-order valence-electron chi connectivity index (χ0n) is 12.8. The Bertz CT molecular complexity index is 715. The summed E-state index contributed by atoms with van der Waals surface area (Å²) in [5.74, 6) is 1.64. The number of hydrogen-bond donors (Lipinski definition) is 1. The summed E-state index contributed by atoms with van der Waals surface area (Å²) in [6.45, 7) is 1.19. The smallest absolute Gasteiger partial charge is 0.253 e. The maximum absolute atomic E-state index is 12.6. The highest BCUT2D eigenvalue weighted by Gasteiger charge is 2.30. The number of nitrogens with zero attached hydrogens (tertiary/aromatic N) is 3. The van der Waals surface area contributed by atoms with Crippen LogP contribution in [0, 0.1) is 0 Å². The molecule has 0 radical (unpaired) electrons. The van der Waals surface area contributed by atoms with Crippen LogP contribution in [-0.4, -0.2) is 45.2 Å². The van der Waals surface area contributed by atoms with E-state index in [1.807, 2.05) is 18.2 Å². The number of aliphatic hydroxyl groups excluding tert-OH is 1. The fraction of sp³-hybridized carbons (Fsp3) is 0.471. The quantitative estimate of drug-likeness (QED) is 0.940. The molecule has 0 atom stereocenters. The third kappa shape index (κ3) is 2.99. The summed E-state index contributed by atoms with van der Waals surface area (Å²) in [4.78, 5) is 18.8. The summed E-state index contributed by atoms with van der Waals surface area (Å²) in [5.41, 5.74) is 1.42. The molecule has 1 aliphatic heterocycles. The predicted molar refractivity (Wildman–Crippen MR) is 82.9 cm³/mol. The summed E-state index contributed by atoms with van der Waals surface area (Å²) >= 11 is 0. The van der Waals surface area contributed by atoms with E-state index in [-0.39, 0.29) is 12.0 Å². The highest BCUT2D eigenvalue weighted by Crippen LogP contribution is 2.39. The van der Waals surface area contributed by atoms with E-state index in [0.29, 0.717) is 49.1 Å². The van der Waals surface area contributed by atoms with Crippen LogP contribution in [0.4, 0.5) is 0 Å². The largest absolute Gasteiger partial charge is 0.393 e. The Kier molecular flexibility index (Phi) is 3.61. The third-order valence-corrected chi connectivity index (χ3v) is 4.49. The first-order valence-corrected chi connectivity index (χ1v) is 8.12. The van der Waals surface area contributed by atoms with Gasteiger partial charge in [0, 0.05) is 30.1 Å². The van der Waals surface area contributed by atoms with E-state index in [2.05, 4.69) is 10.1 Å². The number of carbonyl (C=O) groups is 1. The zero-order valence-corrected chi connectivity index (χ0v) is 12.8. The van der Waals surface area contributed by atoms with Crippen molar-refractivity contribution in [2.24, 2.45) is 0 Å². The molecule has 0 bridgehead atoms. The third-order valence-electron chi connectivity index (χ3n) is 4.49. The van der Waals surface area contributed by atoms with Gasteiger partial charge in [0.1, 0.15) is 0 Å². The molecule has 1 aliphatic carbocycles. The van der Waals surface area contributed by atoms with Crippen LogP contribution in [0.5, 0.6) is 0 Å². The molecule has 6 nitrogen and oxygen atoms in total. The molecular formula is C17H19N3O3. The molecule has 1 aromatic carbocycles. The molecule has 120 valence electrons. The molecule has 1 saturated heterocycles. The van der Waals surface area contributed by atoms with Gasteiger partial charge in [-0.2, -0.15) is 4.98 Å². The Morgan fingerprint density at radius 2 is 2.00 bits per heavy atom. The van der Waals surface area contributed by atoms with Crippen molar-refractivity contribution < 1.29 is 14.4 Å². The Hall–Kier alpha value is -2.21. The first-order valence-electron chi connectivity index (χ1n) is 8.12. The van der Waals surface area contributed by atoms with Gasteiger partial charge in [0.05, 0.1) is 6.10 Å². The first-order chi connectivity index (χ1) is 11.2. The van der Waals surface area contributed by atoms with E-state index >= 15 is 0 Å². The van der Waals surface area contributed by atoms with Gasteiger partial charge < -0.3 is 14.5 Å². The van der Waals surface area contributed by atoms with E-state index in [4.69, 9.17) is 4.52 Å². The van der Waals surface area contributed by atoms with Crippen LogP contribution in [0.2, 0.25) is 0 Å². The molecule has 0 unspecified atom stereocenters. The van der Waals surface area contributed by atoms with Crippen LogP contribution in [0.25, 0.3) is 11.4 Å². The monoisotopic (exact) mass is 313 g/mol. The summed E-state index contributed by atoms with van der Waals surface area (Å²) in [7, 11) is 0. The molecule has 2 aliphatic rings. The Balaban J connectivity index is 1.54. The number of amides is 1. The summed E-state index contributed by atoms with van der Waals surface area (Å²) in [6, 6.07) is 7.35. The molecule has 1 saturated carbocycles. The van der Waals surface area contributed by atoms with Crippen LogP contribution in [0.1, 0.15) is 47.8 Å². The Morgan fingerprint density at radius 3 is 2.74 bits per heavy atom. The molecule has 2 fully saturated rings. The van der Waals surface area contributed by atoms with Crippen molar-refractivity contribution in [2.75, 3.05) is 13.1 Å². The summed E-state index contributed by atoms with van der Waals surface area (Å²) in [6.07, 6.45) is 3.22. The van der Waals surface area contributed by atoms with E-state index in [9.17, 15) is 9.90 Å². The topological polar surface area (TPSA) is 79.5 Å². The Morgan fingerprint density at radius 1 is 1.22 bits per heavy atom. The number of likely N-dealkylation sites (tertiary alicyclic amines) is 1. The molecule has 2 aromatic rings. The average molecular weight is 313 g/mol. The van der Waals surface area contributed by atoms with Crippen LogP contribution in [-0.2, 0) is 0 Å². The molecule has 2 heterocycles. The van der Waals surface area contributed by atoms with E-state index in [1.165, 1.54) is 0 Å². The number of aromatic nitrogens is 2. The predicted octanol–water partition coefficient (Wildman–Crippen LogP) is 2.21. The normalized spacial score (nSPS) is 19.1. The Labute approximate surface area is 134 Å². The minimum atomic E-state index is -0.287. The number of carbonyl (C=O) groups excluding carboxylic acids is 1. The van der Waals surface area contributed by atoms with Gasteiger partial charge in [-0.3, -0.25) is 4.79 Å². The van der Waals surface area contributed by atoms with Gasteiger partial charge in [0.25, 0.3) is 5.91 Å². The van der Waals surface area contributed by atoms with Gasteiger partial charge in [-0.05, 0) is 37.8 Å². The van der Waals surface area contributed by atoms with Crippen molar-refractivity contribution in [1.82, 2.24) is 15.0 Å². The maximum Gasteiger partial charge on any atom is 0.253 e. The van der Waals surface area contributed by atoms with E-state index in [0.717, 1.165) is 18.4 Å². The first kappa shape index (κ1) is 14.4. The zero-order chi connectivity index (χ0) is 15.8. The minimum Gasteiger partial charge on any atom is -0.393 e. The molecule has 4 rings (SSSR count). The highest BCUT2D eigenvalue weighted by molar-refractivity contribution is 5.95. The van der Waals surface area contributed by atoms with Crippen LogP contribution in [0.15, 0.2) is 28.8 Å². The standard InChI is InChI=1S/C17H19N3O3/c21-14-6-8-20(9-7-14)17(22)13-3-1-2-12(10-13)15-18-16(23-19-15)11-4-5-11/h1-3,10-11,14,21H,4-9H2. The number of benzene rings is 1.